The zero-order valence-electron chi connectivity index (χ0n) is 11.5. The van der Waals surface area contributed by atoms with Gasteiger partial charge in [-0.15, -0.1) is 5.10 Å². The van der Waals surface area contributed by atoms with Gasteiger partial charge in [-0.1, -0.05) is 0 Å². The van der Waals surface area contributed by atoms with Gasteiger partial charge in [0.05, 0.1) is 12.6 Å². The Kier molecular flexibility index (Phi) is 4.11. The van der Waals surface area contributed by atoms with Gasteiger partial charge >= 0.3 is 0 Å². The lowest BCUT2D eigenvalue weighted by Gasteiger charge is -2.12. The van der Waals surface area contributed by atoms with Crippen molar-refractivity contribution < 1.29 is 4.74 Å². The summed E-state index contributed by atoms with van der Waals surface area (Å²) in [5, 5.41) is 11.8. The topological polar surface area (TPSA) is 78.8 Å². The van der Waals surface area contributed by atoms with Crippen molar-refractivity contribution in [3.05, 3.63) is 23.8 Å². The van der Waals surface area contributed by atoms with Crippen molar-refractivity contribution in [1.82, 2.24) is 20.2 Å². The molecule has 1 unspecified atom stereocenters. The van der Waals surface area contributed by atoms with Crippen molar-refractivity contribution >= 4 is 5.69 Å². The molecule has 6 nitrogen and oxygen atoms in total. The van der Waals surface area contributed by atoms with Crippen molar-refractivity contribution in [3.63, 3.8) is 0 Å². The number of anilines is 1. The molecule has 0 spiro atoms. The lowest BCUT2D eigenvalue weighted by Crippen LogP contribution is -2.18. The SMILES string of the molecule is CCOC(C)Cn1nnnc1-c1ccc(N)c(C)c1. The van der Waals surface area contributed by atoms with E-state index in [-0.39, 0.29) is 6.10 Å². The molecule has 0 radical (unpaired) electrons. The van der Waals surface area contributed by atoms with Crippen LogP contribution >= 0.6 is 0 Å². The second kappa shape index (κ2) is 5.79. The minimum absolute atomic E-state index is 0.0714. The van der Waals surface area contributed by atoms with E-state index in [0.717, 1.165) is 22.6 Å². The molecule has 0 bridgehead atoms. The molecule has 0 aliphatic heterocycles. The summed E-state index contributed by atoms with van der Waals surface area (Å²) in [6.07, 6.45) is 0.0714. The fourth-order valence-electron chi connectivity index (χ4n) is 1.93. The molecule has 2 rings (SSSR count). The number of tetrazole rings is 1. The highest BCUT2D eigenvalue weighted by Gasteiger charge is 2.12. The highest BCUT2D eigenvalue weighted by Crippen LogP contribution is 2.21. The van der Waals surface area contributed by atoms with Gasteiger partial charge in [0.15, 0.2) is 5.82 Å². The van der Waals surface area contributed by atoms with E-state index in [1.165, 1.54) is 0 Å². The maximum Gasteiger partial charge on any atom is 0.182 e. The molecular weight excluding hydrogens is 242 g/mol. The molecule has 0 saturated carbocycles. The maximum atomic E-state index is 5.82. The van der Waals surface area contributed by atoms with Gasteiger partial charge in [-0.05, 0) is 55.0 Å². The molecule has 0 aliphatic carbocycles. The largest absolute Gasteiger partial charge is 0.399 e. The molecule has 2 N–H and O–H groups in total. The summed E-state index contributed by atoms with van der Waals surface area (Å²) in [5.41, 5.74) is 8.57. The Morgan fingerprint density at radius 2 is 2.21 bits per heavy atom. The molecule has 1 atom stereocenters. The number of nitrogen functional groups attached to an aromatic ring is 1. The first-order valence-electron chi connectivity index (χ1n) is 6.36. The number of hydrogen-bond donors (Lipinski definition) is 1. The molecular formula is C13H19N5O. The second-order valence-corrected chi connectivity index (χ2v) is 4.52. The highest BCUT2D eigenvalue weighted by atomic mass is 16.5. The molecule has 2 aromatic rings. The fraction of sp³-hybridized carbons (Fsp3) is 0.462. The first-order chi connectivity index (χ1) is 9.11. The van der Waals surface area contributed by atoms with Gasteiger partial charge in [0.2, 0.25) is 0 Å². The van der Waals surface area contributed by atoms with Gasteiger partial charge < -0.3 is 10.5 Å². The molecule has 102 valence electrons. The summed E-state index contributed by atoms with van der Waals surface area (Å²) in [5.74, 6) is 0.731. The molecule has 1 aromatic carbocycles. The van der Waals surface area contributed by atoms with Gasteiger partial charge in [-0.3, -0.25) is 0 Å². The Balaban J connectivity index is 2.25. The number of nitrogens with two attached hydrogens (primary N) is 1. The number of aryl methyl sites for hydroxylation is 1. The highest BCUT2D eigenvalue weighted by molar-refractivity contribution is 5.61. The van der Waals surface area contributed by atoms with Gasteiger partial charge in [0, 0.05) is 17.9 Å². The summed E-state index contributed by atoms with van der Waals surface area (Å²) >= 11 is 0. The summed E-state index contributed by atoms with van der Waals surface area (Å²) in [4.78, 5) is 0. The zero-order valence-corrected chi connectivity index (χ0v) is 11.5. The standard InChI is InChI=1S/C13H19N5O/c1-4-19-10(3)8-18-13(15-16-17-18)11-5-6-12(14)9(2)7-11/h5-7,10H,4,8,14H2,1-3H3. The number of benzene rings is 1. The lowest BCUT2D eigenvalue weighted by molar-refractivity contribution is 0.0614. The number of hydrogen-bond acceptors (Lipinski definition) is 5. The van der Waals surface area contributed by atoms with E-state index in [4.69, 9.17) is 10.5 Å². The third-order valence-electron chi connectivity index (χ3n) is 2.94. The third kappa shape index (κ3) is 3.08. The number of nitrogens with zero attached hydrogens (tertiary/aromatic N) is 4. The van der Waals surface area contributed by atoms with Crippen LogP contribution < -0.4 is 5.73 Å². The van der Waals surface area contributed by atoms with Gasteiger partial charge in [0.1, 0.15) is 0 Å². The summed E-state index contributed by atoms with van der Waals surface area (Å²) < 4.78 is 7.27. The first kappa shape index (κ1) is 13.5. The average molecular weight is 261 g/mol. The van der Waals surface area contributed by atoms with Crippen LogP contribution in [0.1, 0.15) is 19.4 Å². The van der Waals surface area contributed by atoms with Crippen LogP contribution in [-0.4, -0.2) is 32.9 Å². The van der Waals surface area contributed by atoms with E-state index in [2.05, 4.69) is 15.5 Å². The smallest absolute Gasteiger partial charge is 0.182 e. The summed E-state index contributed by atoms with van der Waals surface area (Å²) in [7, 11) is 0. The van der Waals surface area contributed by atoms with Crippen LogP contribution in [0.25, 0.3) is 11.4 Å². The Morgan fingerprint density at radius 3 is 2.89 bits per heavy atom. The molecule has 0 saturated heterocycles. The molecule has 19 heavy (non-hydrogen) atoms. The predicted octanol–water partition coefficient (Wildman–Crippen LogP) is 1.66. The first-order valence-corrected chi connectivity index (χ1v) is 6.36. The van der Waals surface area contributed by atoms with Crippen LogP contribution in [0.3, 0.4) is 0 Å². The number of ether oxygens (including phenoxy) is 1. The molecule has 1 heterocycles. The number of aromatic nitrogens is 4. The lowest BCUT2D eigenvalue weighted by atomic mass is 10.1. The Bertz CT molecular complexity index is 552. The Morgan fingerprint density at radius 1 is 1.42 bits per heavy atom. The molecule has 0 aliphatic rings. The minimum Gasteiger partial charge on any atom is -0.399 e. The van der Waals surface area contributed by atoms with E-state index in [1.807, 2.05) is 39.0 Å². The molecule has 0 amide bonds. The Hall–Kier alpha value is -1.95. The van der Waals surface area contributed by atoms with E-state index in [1.54, 1.807) is 4.68 Å². The predicted molar refractivity (Wildman–Crippen MR) is 73.5 cm³/mol. The van der Waals surface area contributed by atoms with Gasteiger partial charge in [-0.25, -0.2) is 4.68 Å². The van der Waals surface area contributed by atoms with E-state index in [9.17, 15) is 0 Å². The summed E-state index contributed by atoms with van der Waals surface area (Å²) in [6, 6.07) is 5.79. The van der Waals surface area contributed by atoms with Gasteiger partial charge in [0.25, 0.3) is 0 Å². The average Bonchev–Trinajstić information content (AvgIpc) is 2.81. The molecule has 1 aromatic heterocycles. The molecule has 0 fully saturated rings. The van der Waals surface area contributed by atoms with Crippen molar-refractivity contribution in [2.45, 2.75) is 33.4 Å². The quantitative estimate of drug-likeness (QED) is 0.828. The van der Waals surface area contributed by atoms with Crippen LogP contribution in [0.4, 0.5) is 5.69 Å². The van der Waals surface area contributed by atoms with Crippen LogP contribution in [0.15, 0.2) is 18.2 Å². The fourth-order valence-corrected chi connectivity index (χ4v) is 1.93. The van der Waals surface area contributed by atoms with E-state index < -0.39 is 0 Å². The monoisotopic (exact) mass is 261 g/mol. The number of rotatable bonds is 5. The van der Waals surface area contributed by atoms with Crippen molar-refractivity contribution in [1.29, 1.82) is 0 Å². The normalized spacial score (nSPS) is 12.6. The minimum atomic E-state index is 0.0714. The maximum absolute atomic E-state index is 5.82. The molecule has 6 heteroatoms. The van der Waals surface area contributed by atoms with Crippen molar-refractivity contribution in [2.24, 2.45) is 0 Å². The van der Waals surface area contributed by atoms with E-state index in [0.29, 0.717) is 13.2 Å². The second-order valence-electron chi connectivity index (χ2n) is 4.52. The van der Waals surface area contributed by atoms with Crippen molar-refractivity contribution in [2.75, 3.05) is 12.3 Å². The van der Waals surface area contributed by atoms with Crippen LogP contribution in [-0.2, 0) is 11.3 Å². The summed E-state index contributed by atoms with van der Waals surface area (Å²) in [6.45, 7) is 7.25. The zero-order chi connectivity index (χ0) is 13.8. The van der Waals surface area contributed by atoms with Gasteiger partial charge in [-0.2, -0.15) is 0 Å². The van der Waals surface area contributed by atoms with E-state index >= 15 is 0 Å². The van der Waals surface area contributed by atoms with Crippen molar-refractivity contribution in [3.8, 4) is 11.4 Å². The van der Waals surface area contributed by atoms with Crippen LogP contribution in [0.2, 0.25) is 0 Å². The third-order valence-corrected chi connectivity index (χ3v) is 2.94. The van der Waals surface area contributed by atoms with Crippen LogP contribution in [0, 0.1) is 6.92 Å². The van der Waals surface area contributed by atoms with Crippen LogP contribution in [0.5, 0.6) is 0 Å². The Labute approximate surface area is 112 Å².